The van der Waals surface area contributed by atoms with Crippen LogP contribution in [0.4, 0.5) is 0 Å². The van der Waals surface area contributed by atoms with Crippen LogP contribution in [0, 0.1) is 0 Å². The summed E-state index contributed by atoms with van der Waals surface area (Å²) in [5.74, 6) is 0. The lowest BCUT2D eigenvalue weighted by Crippen LogP contribution is -2.12. The van der Waals surface area contributed by atoms with Gasteiger partial charge < -0.3 is 9.84 Å². The number of aliphatic hydroxyl groups excluding tert-OH is 1. The standard InChI is InChI=1S/C12H18ClNO2/c1-2-16-7-3-4-11(15)8-10-5-6-14-9-12(10)13/h5-6,9,11,15H,2-4,7-8H2,1H3. The van der Waals surface area contributed by atoms with Crippen molar-refractivity contribution in [2.75, 3.05) is 13.2 Å². The van der Waals surface area contributed by atoms with Crippen LogP contribution in [-0.4, -0.2) is 29.4 Å². The van der Waals surface area contributed by atoms with E-state index in [0.29, 0.717) is 18.1 Å². The van der Waals surface area contributed by atoms with Gasteiger partial charge in [0.1, 0.15) is 0 Å². The van der Waals surface area contributed by atoms with E-state index in [-0.39, 0.29) is 6.10 Å². The largest absolute Gasteiger partial charge is 0.393 e. The molecule has 3 nitrogen and oxygen atoms in total. The summed E-state index contributed by atoms with van der Waals surface area (Å²) >= 11 is 5.95. The van der Waals surface area contributed by atoms with Crippen molar-refractivity contribution in [3.8, 4) is 0 Å². The van der Waals surface area contributed by atoms with Crippen molar-refractivity contribution >= 4 is 11.6 Å². The van der Waals surface area contributed by atoms with Gasteiger partial charge in [-0.2, -0.15) is 0 Å². The molecule has 0 bridgehead atoms. The summed E-state index contributed by atoms with van der Waals surface area (Å²) in [5.41, 5.74) is 0.945. The highest BCUT2D eigenvalue weighted by Crippen LogP contribution is 2.16. The van der Waals surface area contributed by atoms with E-state index in [1.54, 1.807) is 12.4 Å². The molecular weight excluding hydrogens is 226 g/mol. The van der Waals surface area contributed by atoms with E-state index in [1.165, 1.54) is 0 Å². The van der Waals surface area contributed by atoms with Gasteiger partial charge in [0, 0.05) is 25.6 Å². The van der Waals surface area contributed by atoms with Gasteiger partial charge in [-0.1, -0.05) is 11.6 Å². The van der Waals surface area contributed by atoms with Crippen molar-refractivity contribution in [2.24, 2.45) is 0 Å². The van der Waals surface area contributed by atoms with E-state index in [4.69, 9.17) is 16.3 Å². The molecule has 0 radical (unpaired) electrons. The predicted molar refractivity (Wildman–Crippen MR) is 64.7 cm³/mol. The van der Waals surface area contributed by atoms with E-state index in [2.05, 4.69) is 4.98 Å². The Balaban J connectivity index is 2.28. The first-order valence-corrected chi connectivity index (χ1v) is 5.96. The zero-order chi connectivity index (χ0) is 11.8. The third-order valence-corrected chi connectivity index (χ3v) is 2.68. The number of ether oxygens (including phenoxy) is 1. The fourth-order valence-corrected chi connectivity index (χ4v) is 1.69. The molecule has 0 saturated carbocycles. The minimum Gasteiger partial charge on any atom is -0.393 e. The van der Waals surface area contributed by atoms with Crippen LogP contribution in [0.1, 0.15) is 25.3 Å². The number of rotatable bonds is 7. The van der Waals surface area contributed by atoms with Gasteiger partial charge in [0.2, 0.25) is 0 Å². The van der Waals surface area contributed by atoms with Gasteiger partial charge >= 0.3 is 0 Å². The highest BCUT2D eigenvalue weighted by Gasteiger charge is 2.08. The SMILES string of the molecule is CCOCCCC(O)Cc1ccncc1Cl. The van der Waals surface area contributed by atoms with Crippen LogP contribution in [0.25, 0.3) is 0 Å². The summed E-state index contributed by atoms with van der Waals surface area (Å²) in [4.78, 5) is 3.91. The number of pyridine rings is 1. The van der Waals surface area contributed by atoms with Gasteiger partial charge in [-0.15, -0.1) is 0 Å². The monoisotopic (exact) mass is 243 g/mol. The molecule has 0 spiro atoms. The molecule has 1 atom stereocenters. The molecule has 4 heteroatoms. The van der Waals surface area contributed by atoms with E-state index < -0.39 is 0 Å². The molecule has 0 aliphatic carbocycles. The van der Waals surface area contributed by atoms with Crippen LogP contribution in [0.2, 0.25) is 5.02 Å². The fraction of sp³-hybridized carbons (Fsp3) is 0.583. The van der Waals surface area contributed by atoms with Crippen LogP contribution >= 0.6 is 11.6 Å². The van der Waals surface area contributed by atoms with Crippen LogP contribution in [0.15, 0.2) is 18.5 Å². The van der Waals surface area contributed by atoms with Gasteiger partial charge in [-0.25, -0.2) is 0 Å². The van der Waals surface area contributed by atoms with Crippen LogP contribution in [0.3, 0.4) is 0 Å². The zero-order valence-electron chi connectivity index (χ0n) is 9.53. The zero-order valence-corrected chi connectivity index (χ0v) is 10.3. The van der Waals surface area contributed by atoms with Gasteiger partial charge in [-0.05, 0) is 37.8 Å². The predicted octanol–water partition coefficient (Wildman–Crippen LogP) is 2.46. The topological polar surface area (TPSA) is 42.4 Å². The fourth-order valence-electron chi connectivity index (χ4n) is 1.49. The highest BCUT2D eigenvalue weighted by atomic mass is 35.5. The van der Waals surface area contributed by atoms with Crippen molar-refractivity contribution in [3.63, 3.8) is 0 Å². The average molecular weight is 244 g/mol. The van der Waals surface area contributed by atoms with Crippen LogP contribution < -0.4 is 0 Å². The first kappa shape index (κ1) is 13.4. The van der Waals surface area contributed by atoms with Gasteiger partial charge in [0.15, 0.2) is 0 Å². The Morgan fingerprint density at radius 3 is 3.06 bits per heavy atom. The Labute approximate surface area is 101 Å². The molecule has 1 rings (SSSR count). The molecule has 0 aliphatic heterocycles. The molecule has 1 heterocycles. The maximum absolute atomic E-state index is 9.79. The lowest BCUT2D eigenvalue weighted by Gasteiger charge is -2.11. The Morgan fingerprint density at radius 2 is 2.38 bits per heavy atom. The maximum atomic E-state index is 9.79. The summed E-state index contributed by atoms with van der Waals surface area (Å²) in [5, 5.41) is 10.4. The third kappa shape index (κ3) is 4.92. The van der Waals surface area contributed by atoms with Crippen molar-refractivity contribution in [1.82, 2.24) is 4.98 Å². The third-order valence-electron chi connectivity index (χ3n) is 2.34. The molecule has 1 aromatic heterocycles. The molecule has 1 N–H and O–H groups in total. The number of aliphatic hydroxyl groups is 1. The van der Waals surface area contributed by atoms with Crippen molar-refractivity contribution in [2.45, 2.75) is 32.3 Å². The first-order valence-electron chi connectivity index (χ1n) is 5.58. The minimum absolute atomic E-state index is 0.361. The number of hydrogen-bond acceptors (Lipinski definition) is 3. The second kappa shape index (κ2) is 7.60. The summed E-state index contributed by atoms with van der Waals surface area (Å²) in [7, 11) is 0. The minimum atomic E-state index is -0.361. The second-order valence-corrected chi connectivity index (χ2v) is 4.07. The Morgan fingerprint density at radius 1 is 1.56 bits per heavy atom. The van der Waals surface area contributed by atoms with E-state index in [9.17, 15) is 5.11 Å². The molecule has 0 amide bonds. The Hall–Kier alpha value is -0.640. The Bertz CT molecular complexity index is 307. The van der Waals surface area contributed by atoms with Gasteiger partial charge in [-0.3, -0.25) is 4.98 Å². The molecule has 1 aromatic rings. The molecule has 0 aliphatic rings. The molecule has 90 valence electrons. The molecule has 0 saturated heterocycles. The maximum Gasteiger partial charge on any atom is 0.0622 e. The lowest BCUT2D eigenvalue weighted by molar-refractivity contribution is 0.114. The van der Waals surface area contributed by atoms with Crippen LogP contribution in [0.5, 0.6) is 0 Å². The van der Waals surface area contributed by atoms with Crippen molar-refractivity contribution in [1.29, 1.82) is 0 Å². The normalized spacial score (nSPS) is 12.7. The quantitative estimate of drug-likeness (QED) is 0.748. The summed E-state index contributed by atoms with van der Waals surface area (Å²) in [6, 6.07) is 1.84. The summed E-state index contributed by atoms with van der Waals surface area (Å²) in [6.07, 6.45) is 5.11. The summed E-state index contributed by atoms with van der Waals surface area (Å²) < 4.78 is 5.21. The van der Waals surface area contributed by atoms with Gasteiger partial charge in [0.25, 0.3) is 0 Å². The molecule has 0 aromatic carbocycles. The Kier molecular flexibility index (Phi) is 6.38. The first-order chi connectivity index (χ1) is 7.74. The molecule has 1 unspecified atom stereocenters. The number of aromatic nitrogens is 1. The average Bonchev–Trinajstić information content (AvgIpc) is 2.28. The van der Waals surface area contributed by atoms with E-state index in [0.717, 1.165) is 25.0 Å². The smallest absolute Gasteiger partial charge is 0.0622 e. The number of nitrogens with zero attached hydrogens (tertiary/aromatic N) is 1. The molecule has 0 fully saturated rings. The van der Waals surface area contributed by atoms with Crippen LogP contribution in [-0.2, 0) is 11.2 Å². The van der Waals surface area contributed by atoms with Gasteiger partial charge in [0.05, 0.1) is 11.1 Å². The van der Waals surface area contributed by atoms with E-state index >= 15 is 0 Å². The second-order valence-electron chi connectivity index (χ2n) is 3.66. The highest BCUT2D eigenvalue weighted by molar-refractivity contribution is 6.31. The lowest BCUT2D eigenvalue weighted by atomic mass is 10.1. The molecule has 16 heavy (non-hydrogen) atoms. The van der Waals surface area contributed by atoms with Crippen molar-refractivity contribution in [3.05, 3.63) is 29.0 Å². The number of hydrogen-bond donors (Lipinski definition) is 1. The summed E-state index contributed by atoms with van der Waals surface area (Å²) in [6.45, 7) is 3.40. The van der Waals surface area contributed by atoms with Crippen molar-refractivity contribution < 1.29 is 9.84 Å². The molecular formula is C12H18ClNO2. The number of halogens is 1. The van der Waals surface area contributed by atoms with E-state index in [1.807, 2.05) is 13.0 Å².